The summed E-state index contributed by atoms with van der Waals surface area (Å²) in [5.74, 6) is -0.145. The molecule has 3 aromatic rings. The molecule has 9 heteroatoms. The number of rotatable bonds is 5. The van der Waals surface area contributed by atoms with Gasteiger partial charge in [0.2, 0.25) is 0 Å². The number of carbonyl (C=O) groups excluding carboxylic acids is 1. The largest absolute Gasteiger partial charge is 0.477 e. The van der Waals surface area contributed by atoms with Crippen molar-refractivity contribution in [2.75, 3.05) is 0 Å². The number of benzene rings is 1. The molecule has 1 aromatic carbocycles. The van der Waals surface area contributed by atoms with Gasteiger partial charge in [0.1, 0.15) is 16.4 Å². The first kappa shape index (κ1) is 15.8. The maximum Gasteiger partial charge on any atom is 0.347 e. The van der Waals surface area contributed by atoms with E-state index in [2.05, 4.69) is 24.9 Å². The summed E-state index contributed by atoms with van der Waals surface area (Å²) >= 11 is 0.782. The number of nitrogens with zero attached hydrogens (tertiary/aromatic N) is 3. The van der Waals surface area contributed by atoms with Crippen molar-refractivity contribution in [1.82, 2.24) is 24.9 Å². The van der Waals surface area contributed by atoms with Crippen LogP contribution in [0.3, 0.4) is 0 Å². The van der Waals surface area contributed by atoms with Crippen LogP contribution in [0.4, 0.5) is 0 Å². The predicted molar refractivity (Wildman–Crippen MR) is 86.8 cm³/mol. The predicted octanol–water partition coefficient (Wildman–Crippen LogP) is 1.86. The lowest BCUT2D eigenvalue weighted by atomic mass is 10.1. The van der Waals surface area contributed by atoms with Crippen LogP contribution in [0.2, 0.25) is 0 Å². The van der Waals surface area contributed by atoms with Crippen molar-refractivity contribution >= 4 is 23.4 Å². The van der Waals surface area contributed by atoms with E-state index < -0.39 is 11.9 Å². The van der Waals surface area contributed by atoms with Gasteiger partial charge in [-0.05, 0) is 30.1 Å². The molecular formula is C15H13N5O3S. The molecule has 0 bridgehead atoms. The van der Waals surface area contributed by atoms with E-state index in [-0.39, 0.29) is 10.6 Å². The van der Waals surface area contributed by atoms with Gasteiger partial charge in [-0.15, -0.1) is 0 Å². The third-order valence-electron chi connectivity index (χ3n) is 3.22. The highest BCUT2D eigenvalue weighted by molar-refractivity contribution is 7.08. The van der Waals surface area contributed by atoms with Gasteiger partial charge in [-0.25, -0.2) is 9.78 Å². The Morgan fingerprint density at radius 1 is 1.29 bits per heavy atom. The molecule has 2 heterocycles. The number of aryl methyl sites for hydroxylation is 1. The molecule has 0 saturated carbocycles. The Morgan fingerprint density at radius 2 is 2.04 bits per heavy atom. The first-order valence-corrected chi connectivity index (χ1v) is 7.77. The number of carbonyl (C=O) groups is 2. The number of carboxylic acids is 1. The maximum absolute atomic E-state index is 12.0. The number of nitrogens with one attached hydrogen (secondary N) is 2. The number of amides is 1. The highest BCUT2D eigenvalue weighted by Crippen LogP contribution is 2.15. The summed E-state index contributed by atoms with van der Waals surface area (Å²) in [6, 6.07) is 8.73. The number of aromatic nitrogens is 4. The molecule has 0 atom stereocenters. The molecule has 122 valence electrons. The second-order valence-electron chi connectivity index (χ2n) is 5.01. The fourth-order valence-electron chi connectivity index (χ4n) is 2.00. The van der Waals surface area contributed by atoms with E-state index in [1.165, 1.54) is 6.07 Å². The number of aromatic amines is 1. The maximum atomic E-state index is 12.0. The summed E-state index contributed by atoms with van der Waals surface area (Å²) in [6.45, 7) is 2.14. The Labute approximate surface area is 140 Å². The molecule has 1 amide bonds. The Morgan fingerprint density at radius 3 is 2.62 bits per heavy atom. The summed E-state index contributed by atoms with van der Waals surface area (Å²) in [4.78, 5) is 27.0. The fraction of sp³-hybridized carbons (Fsp3) is 0.133. The molecule has 0 aliphatic carbocycles. The van der Waals surface area contributed by atoms with Crippen molar-refractivity contribution in [1.29, 1.82) is 0 Å². The van der Waals surface area contributed by atoms with Crippen LogP contribution in [0.15, 0.2) is 30.3 Å². The Balaban J connectivity index is 1.61. The van der Waals surface area contributed by atoms with Gasteiger partial charge in [0.05, 0.1) is 0 Å². The molecule has 8 nitrogen and oxygen atoms in total. The lowest BCUT2D eigenvalue weighted by Gasteiger charge is -2.04. The molecule has 0 aliphatic heterocycles. The zero-order valence-corrected chi connectivity index (χ0v) is 13.4. The SMILES string of the molecule is Cc1nc(-c2ccc(CNC(=O)c3cc(C(=O)O)sn3)cc2)n[nH]1. The molecule has 0 unspecified atom stereocenters. The molecule has 0 radical (unpaired) electrons. The van der Waals surface area contributed by atoms with Crippen LogP contribution >= 0.6 is 11.5 Å². The molecule has 0 fully saturated rings. The smallest absolute Gasteiger partial charge is 0.347 e. The van der Waals surface area contributed by atoms with Crippen molar-refractivity contribution < 1.29 is 14.7 Å². The molecule has 2 aromatic heterocycles. The molecule has 0 aliphatic rings. The molecule has 0 saturated heterocycles. The summed E-state index contributed by atoms with van der Waals surface area (Å²) in [7, 11) is 0. The van der Waals surface area contributed by atoms with Crippen LogP contribution < -0.4 is 5.32 Å². The van der Waals surface area contributed by atoms with E-state index >= 15 is 0 Å². The van der Waals surface area contributed by atoms with E-state index in [0.717, 1.165) is 28.5 Å². The standard InChI is InChI=1S/C15H13N5O3S/c1-8-17-13(19-18-8)10-4-2-9(3-5-10)7-16-14(21)11-6-12(15(22)23)24-20-11/h2-6H,7H2,1H3,(H,16,21)(H,22,23)(H,17,18,19). The van der Waals surface area contributed by atoms with Gasteiger partial charge in [-0.1, -0.05) is 24.3 Å². The van der Waals surface area contributed by atoms with Crippen molar-refractivity contribution in [3.05, 3.63) is 52.3 Å². The number of hydrogen-bond acceptors (Lipinski definition) is 6. The third kappa shape index (κ3) is 3.46. The lowest BCUT2D eigenvalue weighted by molar-refractivity contribution is 0.0702. The van der Waals surface area contributed by atoms with Crippen LogP contribution in [0.5, 0.6) is 0 Å². The van der Waals surface area contributed by atoms with Gasteiger partial charge in [0, 0.05) is 12.1 Å². The van der Waals surface area contributed by atoms with E-state index in [1.807, 2.05) is 31.2 Å². The zero-order chi connectivity index (χ0) is 17.1. The highest BCUT2D eigenvalue weighted by atomic mass is 32.1. The molecule has 3 N–H and O–H groups in total. The second kappa shape index (κ2) is 6.59. The van der Waals surface area contributed by atoms with Gasteiger partial charge < -0.3 is 10.4 Å². The third-order valence-corrected chi connectivity index (χ3v) is 3.99. The van der Waals surface area contributed by atoms with Gasteiger partial charge >= 0.3 is 5.97 Å². The lowest BCUT2D eigenvalue weighted by Crippen LogP contribution is -2.23. The van der Waals surface area contributed by atoms with Crippen molar-refractivity contribution in [3.63, 3.8) is 0 Å². The highest BCUT2D eigenvalue weighted by Gasteiger charge is 2.14. The van der Waals surface area contributed by atoms with Gasteiger partial charge in [-0.3, -0.25) is 9.89 Å². The van der Waals surface area contributed by atoms with Crippen molar-refractivity contribution in [3.8, 4) is 11.4 Å². The normalized spacial score (nSPS) is 10.5. The van der Waals surface area contributed by atoms with Crippen molar-refractivity contribution in [2.45, 2.75) is 13.5 Å². The zero-order valence-electron chi connectivity index (χ0n) is 12.6. The van der Waals surface area contributed by atoms with Crippen LogP contribution in [0, 0.1) is 6.92 Å². The summed E-state index contributed by atoms with van der Waals surface area (Å²) in [6.07, 6.45) is 0. The van der Waals surface area contributed by atoms with E-state index in [9.17, 15) is 9.59 Å². The molecule has 0 spiro atoms. The van der Waals surface area contributed by atoms with Gasteiger partial charge in [-0.2, -0.15) is 9.47 Å². The minimum absolute atomic E-state index is 0.0336. The van der Waals surface area contributed by atoms with E-state index in [1.54, 1.807) is 0 Å². The summed E-state index contributed by atoms with van der Waals surface area (Å²) in [5, 5.41) is 18.4. The Kier molecular flexibility index (Phi) is 4.34. The Hall–Kier alpha value is -3.07. The quantitative estimate of drug-likeness (QED) is 0.650. The molecular weight excluding hydrogens is 330 g/mol. The average molecular weight is 343 g/mol. The summed E-state index contributed by atoms with van der Waals surface area (Å²) in [5.41, 5.74) is 1.87. The topological polar surface area (TPSA) is 121 Å². The van der Waals surface area contributed by atoms with Crippen LogP contribution in [0.1, 0.15) is 31.5 Å². The first-order valence-electron chi connectivity index (χ1n) is 6.99. The van der Waals surface area contributed by atoms with Crippen LogP contribution in [-0.4, -0.2) is 36.5 Å². The number of carboxylic acid groups (broad SMARTS) is 1. The van der Waals surface area contributed by atoms with Gasteiger partial charge in [0.15, 0.2) is 5.82 Å². The second-order valence-corrected chi connectivity index (χ2v) is 5.81. The van der Waals surface area contributed by atoms with Crippen molar-refractivity contribution in [2.24, 2.45) is 0 Å². The summed E-state index contributed by atoms with van der Waals surface area (Å²) < 4.78 is 3.83. The van der Waals surface area contributed by atoms with E-state index in [4.69, 9.17) is 5.11 Å². The van der Waals surface area contributed by atoms with E-state index in [0.29, 0.717) is 12.4 Å². The average Bonchev–Trinajstić information content (AvgIpc) is 3.22. The minimum Gasteiger partial charge on any atom is -0.477 e. The Bertz CT molecular complexity index is 885. The van der Waals surface area contributed by atoms with Crippen LogP contribution in [-0.2, 0) is 6.54 Å². The van der Waals surface area contributed by atoms with Crippen LogP contribution in [0.25, 0.3) is 11.4 Å². The molecule has 24 heavy (non-hydrogen) atoms. The number of aromatic carboxylic acids is 1. The first-order chi connectivity index (χ1) is 11.5. The minimum atomic E-state index is -1.09. The fourth-order valence-corrected chi connectivity index (χ4v) is 2.57. The number of H-pyrrole nitrogens is 1. The van der Waals surface area contributed by atoms with Gasteiger partial charge in [0.25, 0.3) is 5.91 Å². The molecule has 3 rings (SSSR count). The monoisotopic (exact) mass is 343 g/mol. The number of hydrogen-bond donors (Lipinski definition) is 3.